The summed E-state index contributed by atoms with van der Waals surface area (Å²) in [6.45, 7) is 4.25. The van der Waals surface area contributed by atoms with Gasteiger partial charge in [-0.15, -0.1) is 11.3 Å². The standard InChI is InChI=1S/C11H14N2O2S/c1-3-7(2)9-5-13-8(4-10(14)15)6-16-11(13)12-9/h5-7H,3-4H2,1-2H3,(H,14,15). The lowest BCUT2D eigenvalue weighted by Crippen LogP contribution is -2.02. The molecule has 0 radical (unpaired) electrons. The van der Waals surface area contributed by atoms with Gasteiger partial charge in [0.2, 0.25) is 0 Å². The van der Waals surface area contributed by atoms with Gasteiger partial charge in [0.25, 0.3) is 0 Å². The second-order valence-corrected chi connectivity index (χ2v) is 4.76. The predicted molar refractivity (Wildman–Crippen MR) is 63.1 cm³/mol. The molecule has 0 amide bonds. The van der Waals surface area contributed by atoms with Crippen LogP contribution in [0.25, 0.3) is 4.96 Å². The Bertz CT molecular complexity index is 515. The van der Waals surface area contributed by atoms with Crippen molar-refractivity contribution >= 4 is 22.3 Å². The number of nitrogens with zero attached hydrogens (tertiary/aromatic N) is 2. The van der Waals surface area contributed by atoms with Crippen molar-refractivity contribution in [2.24, 2.45) is 0 Å². The summed E-state index contributed by atoms with van der Waals surface area (Å²) in [5.41, 5.74) is 1.84. The van der Waals surface area contributed by atoms with Gasteiger partial charge >= 0.3 is 5.97 Å². The van der Waals surface area contributed by atoms with Crippen molar-refractivity contribution in [3.63, 3.8) is 0 Å². The molecule has 1 N–H and O–H groups in total. The molecule has 86 valence electrons. The molecule has 1 atom stereocenters. The zero-order valence-electron chi connectivity index (χ0n) is 9.30. The van der Waals surface area contributed by atoms with Gasteiger partial charge in [0.1, 0.15) is 0 Å². The molecule has 0 fully saturated rings. The van der Waals surface area contributed by atoms with E-state index in [1.165, 1.54) is 11.3 Å². The molecular formula is C11H14N2O2S. The molecule has 0 spiro atoms. The third-order valence-corrected chi connectivity index (χ3v) is 3.64. The number of carbonyl (C=O) groups is 1. The van der Waals surface area contributed by atoms with Gasteiger partial charge < -0.3 is 5.11 Å². The quantitative estimate of drug-likeness (QED) is 0.890. The van der Waals surface area contributed by atoms with E-state index in [0.717, 1.165) is 22.8 Å². The van der Waals surface area contributed by atoms with Crippen LogP contribution in [0.2, 0.25) is 0 Å². The summed E-state index contributed by atoms with van der Waals surface area (Å²) in [5.74, 6) is -0.386. The van der Waals surface area contributed by atoms with Crippen molar-refractivity contribution in [3.8, 4) is 0 Å². The van der Waals surface area contributed by atoms with Crippen LogP contribution in [0.15, 0.2) is 11.6 Å². The first-order valence-electron chi connectivity index (χ1n) is 5.29. The van der Waals surface area contributed by atoms with Gasteiger partial charge in [-0.2, -0.15) is 0 Å². The van der Waals surface area contributed by atoms with E-state index in [9.17, 15) is 4.79 Å². The molecule has 4 nitrogen and oxygen atoms in total. The van der Waals surface area contributed by atoms with E-state index < -0.39 is 5.97 Å². The van der Waals surface area contributed by atoms with Crippen LogP contribution >= 0.6 is 11.3 Å². The second-order valence-electron chi connectivity index (χ2n) is 3.93. The number of rotatable bonds is 4. The fraction of sp³-hybridized carbons (Fsp3) is 0.455. The molecule has 0 aliphatic carbocycles. The third kappa shape index (κ3) is 1.95. The Labute approximate surface area is 97.6 Å². The maximum atomic E-state index is 10.7. The van der Waals surface area contributed by atoms with Crippen molar-refractivity contribution < 1.29 is 9.90 Å². The van der Waals surface area contributed by atoms with Crippen LogP contribution in [0.4, 0.5) is 0 Å². The van der Waals surface area contributed by atoms with Crippen molar-refractivity contribution in [2.45, 2.75) is 32.6 Å². The molecule has 0 saturated heterocycles. The average Bonchev–Trinajstić information content (AvgIpc) is 2.78. The van der Waals surface area contributed by atoms with Crippen LogP contribution in [0, 0.1) is 0 Å². The Morgan fingerprint density at radius 1 is 1.69 bits per heavy atom. The van der Waals surface area contributed by atoms with E-state index >= 15 is 0 Å². The summed E-state index contributed by atoms with van der Waals surface area (Å²) < 4.78 is 1.89. The van der Waals surface area contributed by atoms with Gasteiger partial charge in [-0.05, 0) is 12.3 Å². The van der Waals surface area contributed by atoms with Gasteiger partial charge in [-0.25, -0.2) is 4.98 Å². The maximum absolute atomic E-state index is 10.7. The Kier molecular flexibility index (Phi) is 2.96. The van der Waals surface area contributed by atoms with Crippen LogP contribution in [-0.4, -0.2) is 20.5 Å². The summed E-state index contributed by atoms with van der Waals surface area (Å²) in [5, 5.41) is 10.6. The van der Waals surface area contributed by atoms with Crippen LogP contribution in [0.3, 0.4) is 0 Å². The number of carboxylic acids is 1. The zero-order chi connectivity index (χ0) is 11.7. The number of thiazole rings is 1. The number of carboxylic acid groups (broad SMARTS) is 1. The SMILES string of the molecule is CCC(C)c1cn2c(CC(=O)O)csc2n1. The van der Waals surface area contributed by atoms with Gasteiger partial charge in [0, 0.05) is 17.3 Å². The van der Waals surface area contributed by atoms with Crippen molar-refractivity contribution in [1.29, 1.82) is 0 Å². The van der Waals surface area contributed by atoms with Crippen LogP contribution in [0.5, 0.6) is 0 Å². The van der Waals surface area contributed by atoms with Crippen molar-refractivity contribution in [2.75, 3.05) is 0 Å². The lowest BCUT2D eigenvalue weighted by Gasteiger charge is -2.01. The van der Waals surface area contributed by atoms with E-state index in [1.54, 1.807) is 0 Å². The molecule has 2 aromatic rings. The topological polar surface area (TPSA) is 54.6 Å². The number of imidazole rings is 1. The monoisotopic (exact) mass is 238 g/mol. The number of aromatic nitrogens is 2. The highest BCUT2D eigenvalue weighted by molar-refractivity contribution is 7.15. The minimum Gasteiger partial charge on any atom is -0.481 e. The molecule has 16 heavy (non-hydrogen) atoms. The van der Waals surface area contributed by atoms with Crippen molar-refractivity contribution in [1.82, 2.24) is 9.38 Å². The Morgan fingerprint density at radius 3 is 3.06 bits per heavy atom. The summed E-state index contributed by atoms with van der Waals surface area (Å²) >= 11 is 1.49. The third-order valence-electron chi connectivity index (χ3n) is 2.75. The van der Waals surface area contributed by atoms with Gasteiger partial charge in [-0.3, -0.25) is 9.20 Å². The van der Waals surface area contributed by atoms with E-state index in [2.05, 4.69) is 18.8 Å². The van der Waals surface area contributed by atoms with E-state index in [1.807, 2.05) is 16.0 Å². The molecular weight excluding hydrogens is 224 g/mol. The van der Waals surface area contributed by atoms with Crippen LogP contribution < -0.4 is 0 Å². The fourth-order valence-electron chi connectivity index (χ4n) is 1.58. The fourth-order valence-corrected chi connectivity index (χ4v) is 2.46. The zero-order valence-corrected chi connectivity index (χ0v) is 10.1. The van der Waals surface area contributed by atoms with E-state index in [0.29, 0.717) is 5.92 Å². The Hall–Kier alpha value is -1.36. The minimum absolute atomic E-state index is 0.0519. The number of hydrogen-bond acceptors (Lipinski definition) is 3. The molecule has 5 heteroatoms. The second kappa shape index (κ2) is 4.25. The van der Waals surface area contributed by atoms with Crippen LogP contribution in [-0.2, 0) is 11.2 Å². The lowest BCUT2D eigenvalue weighted by atomic mass is 10.1. The molecule has 0 aliphatic heterocycles. The maximum Gasteiger partial charge on any atom is 0.309 e. The average molecular weight is 238 g/mol. The van der Waals surface area contributed by atoms with Gasteiger partial charge in [0.15, 0.2) is 4.96 Å². The van der Waals surface area contributed by atoms with Gasteiger partial charge in [0.05, 0.1) is 12.1 Å². The molecule has 2 rings (SSSR count). The lowest BCUT2D eigenvalue weighted by molar-refractivity contribution is -0.136. The highest BCUT2D eigenvalue weighted by Crippen LogP contribution is 2.23. The van der Waals surface area contributed by atoms with E-state index in [-0.39, 0.29) is 6.42 Å². The number of fused-ring (bicyclic) bond motifs is 1. The summed E-state index contributed by atoms with van der Waals surface area (Å²) in [6.07, 6.45) is 3.05. The summed E-state index contributed by atoms with van der Waals surface area (Å²) in [7, 11) is 0. The molecule has 2 aromatic heterocycles. The molecule has 0 bridgehead atoms. The predicted octanol–water partition coefficient (Wildman–Crippen LogP) is 2.54. The van der Waals surface area contributed by atoms with E-state index in [4.69, 9.17) is 5.11 Å². The van der Waals surface area contributed by atoms with Crippen LogP contribution in [0.1, 0.15) is 37.6 Å². The minimum atomic E-state index is -0.807. The van der Waals surface area contributed by atoms with Gasteiger partial charge in [-0.1, -0.05) is 13.8 Å². The highest BCUT2D eigenvalue weighted by atomic mass is 32.1. The Morgan fingerprint density at radius 2 is 2.44 bits per heavy atom. The van der Waals surface area contributed by atoms with Crippen molar-refractivity contribution in [3.05, 3.63) is 23.0 Å². The Balaban J connectivity index is 2.39. The summed E-state index contributed by atoms with van der Waals surface area (Å²) in [6, 6.07) is 0. The first-order chi connectivity index (χ1) is 7.61. The first kappa shape index (κ1) is 11.1. The smallest absolute Gasteiger partial charge is 0.309 e. The summed E-state index contributed by atoms with van der Waals surface area (Å²) in [4.78, 5) is 16.1. The molecule has 2 heterocycles. The normalized spacial score (nSPS) is 13.1. The molecule has 0 saturated carbocycles. The number of hydrogen-bond donors (Lipinski definition) is 1. The first-order valence-corrected chi connectivity index (χ1v) is 6.17. The highest BCUT2D eigenvalue weighted by Gasteiger charge is 2.13. The number of aliphatic carboxylic acids is 1. The molecule has 1 unspecified atom stereocenters. The largest absolute Gasteiger partial charge is 0.481 e. The molecule has 0 aliphatic rings. The molecule has 0 aromatic carbocycles.